The highest BCUT2D eigenvalue weighted by molar-refractivity contribution is 5.98. The molecule has 0 aliphatic heterocycles. The summed E-state index contributed by atoms with van der Waals surface area (Å²) in [5.74, 6) is 1.15. The number of anilines is 2. The second-order valence-corrected chi connectivity index (χ2v) is 4.00. The van der Waals surface area contributed by atoms with E-state index in [9.17, 15) is 0 Å². The van der Waals surface area contributed by atoms with E-state index in [-0.39, 0.29) is 5.95 Å². The minimum absolute atomic E-state index is 0.105. The third kappa shape index (κ3) is 1.81. The van der Waals surface area contributed by atoms with Gasteiger partial charge in [0.2, 0.25) is 5.95 Å². The Morgan fingerprint density at radius 1 is 1.21 bits per heavy atom. The number of ether oxygens (including phenoxy) is 1. The Hall–Kier alpha value is -2.83. The number of fused-ring (bicyclic) bond motifs is 1. The monoisotopic (exact) mass is 256 g/mol. The van der Waals surface area contributed by atoms with Gasteiger partial charge in [0.15, 0.2) is 5.65 Å². The lowest BCUT2D eigenvalue weighted by atomic mass is 10.1. The molecular formula is C12H12N6O. The molecule has 0 aliphatic rings. The van der Waals surface area contributed by atoms with Crippen LogP contribution in [-0.2, 0) is 0 Å². The largest absolute Gasteiger partial charge is 0.497 e. The number of rotatable bonds is 2. The molecule has 0 saturated heterocycles. The molecular weight excluding hydrogens is 244 g/mol. The number of nitrogens with one attached hydrogen (secondary N) is 1. The van der Waals surface area contributed by atoms with Crippen molar-refractivity contribution in [2.75, 3.05) is 18.6 Å². The van der Waals surface area contributed by atoms with E-state index in [1.807, 2.05) is 24.3 Å². The highest BCUT2D eigenvalue weighted by Crippen LogP contribution is 2.30. The third-order valence-electron chi connectivity index (χ3n) is 2.82. The van der Waals surface area contributed by atoms with Crippen LogP contribution in [0.5, 0.6) is 5.75 Å². The topological polar surface area (TPSA) is 116 Å². The predicted octanol–water partition coefficient (Wildman–Crippen LogP) is 1.19. The normalized spacial score (nSPS) is 10.8. The van der Waals surface area contributed by atoms with E-state index in [1.54, 1.807) is 7.11 Å². The molecule has 0 spiro atoms. The molecule has 7 nitrogen and oxygen atoms in total. The minimum atomic E-state index is 0.105. The number of aromatic amines is 1. The summed E-state index contributed by atoms with van der Waals surface area (Å²) in [6.07, 6.45) is 0. The summed E-state index contributed by atoms with van der Waals surface area (Å²) in [5, 5.41) is 7.66. The fraction of sp³-hybridized carbons (Fsp3) is 0.0833. The van der Waals surface area contributed by atoms with Crippen LogP contribution >= 0.6 is 0 Å². The van der Waals surface area contributed by atoms with Crippen molar-refractivity contribution < 1.29 is 4.74 Å². The summed E-state index contributed by atoms with van der Waals surface area (Å²) in [5.41, 5.74) is 13.5. The Morgan fingerprint density at radius 3 is 2.84 bits per heavy atom. The number of H-pyrrole nitrogens is 1. The molecule has 5 N–H and O–H groups in total. The first-order chi connectivity index (χ1) is 9.19. The quantitative estimate of drug-likeness (QED) is 0.634. The number of hydrogen-bond acceptors (Lipinski definition) is 6. The number of methoxy groups -OCH3 is 1. The molecule has 0 fully saturated rings. The lowest BCUT2D eigenvalue weighted by Crippen LogP contribution is -2.00. The van der Waals surface area contributed by atoms with Gasteiger partial charge >= 0.3 is 0 Å². The van der Waals surface area contributed by atoms with Crippen LogP contribution in [0.4, 0.5) is 11.8 Å². The average molecular weight is 256 g/mol. The van der Waals surface area contributed by atoms with Crippen LogP contribution < -0.4 is 16.2 Å². The van der Waals surface area contributed by atoms with Gasteiger partial charge in [0, 0.05) is 5.56 Å². The number of nitrogens with two attached hydrogens (primary N) is 2. The molecule has 0 radical (unpaired) electrons. The van der Waals surface area contributed by atoms with Gasteiger partial charge in [0.05, 0.1) is 18.2 Å². The first-order valence-corrected chi connectivity index (χ1v) is 5.60. The fourth-order valence-corrected chi connectivity index (χ4v) is 1.96. The van der Waals surface area contributed by atoms with Crippen molar-refractivity contribution in [1.29, 1.82) is 0 Å². The Balaban J connectivity index is 2.25. The van der Waals surface area contributed by atoms with Crippen LogP contribution in [-0.4, -0.2) is 27.3 Å². The van der Waals surface area contributed by atoms with Crippen molar-refractivity contribution in [1.82, 2.24) is 20.2 Å². The molecule has 2 aromatic heterocycles. The SMILES string of the molecule is COc1cccc(-c2[nH]nc3nc(N)nc(N)c23)c1. The maximum Gasteiger partial charge on any atom is 0.224 e. The van der Waals surface area contributed by atoms with Gasteiger partial charge in [-0.25, -0.2) is 0 Å². The van der Waals surface area contributed by atoms with Gasteiger partial charge in [0.25, 0.3) is 0 Å². The highest BCUT2D eigenvalue weighted by Gasteiger charge is 2.14. The molecule has 3 rings (SSSR count). The number of aromatic nitrogens is 4. The van der Waals surface area contributed by atoms with Gasteiger partial charge in [-0.3, -0.25) is 5.10 Å². The summed E-state index contributed by atoms with van der Waals surface area (Å²) in [4.78, 5) is 7.99. The van der Waals surface area contributed by atoms with E-state index in [0.29, 0.717) is 16.9 Å². The van der Waals surface area contributed by atoms with E-state index >= 15 is 0 Å². The van der Waals surface area contributed by atoms with Crippen LogP contribution in [0.15, 0.2) is 24.3 Å². The molecule has 0 amide bonds. The van der Waals surface area contributed by atoms with Gasteiger partial charge in [0.1, 0.15) is 11.6 Å². The molecule has 7 heteroatoms. The van der Waals surface area contributed by atoms with E-state index in [2.05, 4.69) is 20.2 Å². The zero-order valence-corrected chi connectivity index (χ0v) is 10.2. The maximum atomic E-state index is 5.89. The Kier molecular flexibility index (Phi) is 2.45. The van der Waals surface area contributed by atoms with Gasteiger partial charge in [-0.1, -0.05) is 12.1 Å². The molecule has 1 aromatic carbocycles. The molecule has 0 unspecified atom stereocenters. The second-order valence-electron chi connectivity index (χ2n) is 4.00. The van der Waals surface area contributed by atoms with Gasteiger partial charge in [-0.05, 0) is 12.1 Å². The van der Waals surface area contributed by atoms with Crippen molar-refractivity contribution in [2.45, 2.75) is 0 Å². The van der Waals surface area contributed by atoms with Crippen LogP contribution in [0.3, 0.4) is 0 Å². The second kappa shape index (κ2) is 4.13. The van der Waals surface area contributed by atoms with Crippen molar-refractivity contribution in [3.63, 3.8) is 0 Å². The first kappa shape index (κ1) is 11.3. The van der Waals surface area contributed by atoms with E-state index < -0.39 is 0 Å². The lowest BCUT2D eigenvalue weighted by molar-refractivity contribution is 0.415. The van der Waals surface area contributed by atoms with Crippen molar-refractivity contribution in [3.05, 3.63) is 24.3 Å². The third-order valence-corrected chi connectivity index (χ3v) is 2.82. The van der Waals surface area contributed by atoms with Crippen molar-refractivity contribution >= 4 is 22.8 Å². The molecule has 3 aromatic rings. The van der Waals surface area contributed by atoms with Gasteiger partial charge in [-0.15, -0.1) is 0 Å². The summed E-state index contributed by atoms with van der Waals surface area (Å²) in [6.45, 7) is 0. The van der Waals surface area contributed by atoms with Crippen molar-refractivity contribution in [3.8, 4) is 17.0 Å². The number of nitrogen functional groups attached to an aromatic ring is 2. The lowest BCUT2D eigenvalue weighted by Gasteiger charge is -2.04. The van der Waals surface area contributed by atoms with Crippen molar-refractivity contribution in [2.24, 2.45) is 0 Å². The average Bonchev–Trinajstić information content (AvgIpc) is 2.82. The van der Waals surface area contributed by atoms with Crippen LogP contribution in [0.25, 0.3) is 22.3 Å². The zero-order valence-electron chi connectivity index (χ0n) is 10.2. The number of nitrogens with zero attached hydrogens (tertiary/aromatic N) is 3. The molecule has 0 aliphatic carbocycles. The van der Waals surface area contributed by atoms with Crippen LogP contribution in [0.2, 0.25) is 0 Å². The zero-order chi connectivity index (χ0) is 13.4. The maximum absolute atomic E-state index is 5.89. The highest BCUT2D eigenvalue weighted by atomic mass is 16.5. The first-order valence-electron chi connectivity index (χ1n) is 5.60. The van der Waals surface area contributed by atoms with Gasteiger partial charge in [-0.2, -0.15) is 15.1 Å². The van der Waals surface area contributed by atoms with Crippen LogP contribution in [0, 0.1) is 0 Å². The standard InChI is InChI=1S/C12H12N6O/c1-19-7-4-2-3-6(5-7)9-8-10(13)15-12(14)16-11(8)18-17-9/h2-5H,1H3,(H5,13,14,15,16,17,18). The fourth-order valence-electron chi connectivity index (χ4n) is 1.96. The summed E-state index contributed by atoms with van der Waals surface area (Å²) < 4.78 is 5.20. The smallest absolute Gasteiger partial charge is 0.224 e. The Morgan fingerprint density at radius 2 is 2.05 bits per heavy atom. The number of benzene rings is 1. The van der Waals surface area contributed by atoms with Crippen LogP contribution in [0.1, 0.15) is 0 Å². The predicted molar refractivity (Wildman–Crippen MR) is 72.5 cm³/mol. The Bertz CT molecular complexity index is 751. The molecule has 96 valence electrons. The molecule has 0 atom stereocenters. The number of hydrogen-bond donors (Lipinski definition) is 3. The molecule has 2 heterocycles. The van der Waals surface area contributed by atoms with E-state index in [1.165, 1.54) is 0 Å². The summed E-state index contributed by atoms with van der Waals surface area (Å²) in [6, 6.07) is 7.54. The summed E-state index contributed by atoms with van der Waals surface area (Å²) >= 11 is 0. The molecule has 19 heavy (non-hydrogen) atoms. The van der Waals surface area contributed by atoms with Gasteiger partial charge < -0.3 is 16.2 Å². The van der Waals surface area contributed by atoms with E-state index in [0.717, 1.165) is 17.0 Å². The molecule has 0 saturated carbocycles. The van der Waals surface area contributed by atoms with E-state index in [4.69, 9.17) is 16.2 Å². The summed E-state index contributed by atoms with van der Waals surface area (Å²) in [7, 11) is 1.61. The minimum Gasteiger partial charge on any atom is -0.497 e. The Labute approximate surface area is 108 Å². The molecule has 0 bridgehead atoms.